The molecule has 1 unspecified atom stereocenters. The maximum Gasteiger partial charge on any atom is 0.243 e. The van der Waals surface area contributed by atoms with E-state index in [0.717, 1.165) is 22.4 Å². The van der Waals surface area contributed by atoms with Crippen molar-refractivity contribution in [1.29, 1.82) is 0 Å². The van der Waals surface area contributed by atoms with Crippen molar-refractivity contribution >= 4 is 23.4 Å². The highest BCUT2D eigenvalue weighted by atomic mass is 35.5. The maximum absolute atomic E-state index is 13.8. The van der Waals surface area contributed by atoms with Gasteiger partial charge in [-0.05, 0) is 53.3 Å². The molecule has 0 bridgehead atoms. The molecule has 0 radical (unpaired) electrons. The van der Waals surface area contributed by atoms with E-state index in [2.05, 4.69) is 19.2 Å². The third kappa shape index (κ3) is 7.75. The summed E-state index contributed by atoms with van der Waals surface area (Å²) in [6.07, 6.45) is 1.21. The molecule has 0 saturated heterocycles. The van der Waals surface area contributed by atoms with Crippen molar-refractivity contribution in [3.63, 3.8) is 0 Å². The largest absolute Gasteiger partial charge is 0.486 e. The van der Waals surface area contributed by atoms with E-state index in [1.807, 2.05) is 60.7 Å². The zero-order valence-electron chi connectivity index (χ0n) is 22.0. The molecule has 0 fully saturated rings. The lowest BCUT2D eigenvalue weighted by molar-refractivity contribution is -0.141. The van der Waals surface area contributed by atoms with E-state index in [-0.39, 0.29) is 18.2 Å². The molecule has 1 N–H and O–H groups in total. The van der Waals surface area contributed by atoms with E-state index in [0.29, 0.717) is 55.8 Å². The predicted octanol–water partition coefficient (Wildman–Crippen LogP) is 5.46. The Morgan fingerprint density at radius 2 is 1.58 bits per heavy atom. The van der Waals surface area contributed by atoms with Crippen molar-refractivity contribution in [2.45, 2.75) is 45.7 Å². The molecular formula is C31H35ClN2O4. The summed E-state index contributed by atoms with van der Waals surface area (Å²) in [7, 11) is 0. The number of amides is 2. The molecule has 3 aromatic rings. The Kier molecular flexibility index (Phi) is 9.66. The number of carbonyl (C=O) groups excluding carboxylic acids is 2. The second kappa shape index (κ2) is 13.3. The van der Waals surface area contributed by atoms with Crippen LogP contribution in [0.15, 0.2) is 72.8 Å². The molecule has 0 saturated carbocycles. The average Bonchev–Trinajstić information content (AvgIpc) is 2.93. The van der Waals surface area contributed by atoms with Crippen LogP contribution >= 0.6 is 11.6 Å². The Morgan fingerprint density at radius 1 is 0.895 bits per heavy atom. The molecular weight excluding hydrogens is 500 g/mol. The van der Waals surface area contributed by atoms with Gasteiger partial charge in [-0.1, -0.05) is 74.0 Å². The number of hydrogen-bond acceptors (Lipinski definition) is 4. The molecule has 0 aliphatic carbocycles. The summed E-state index contributed by atoms with van der Waals surface area (Å²) >= 11 is 6.11. The van der Waals surface area contributed by atoms with Crippen LogP contribution in [0.4, 0.5) is 0 Å². The van der Waals surface area contributed by atoms with Crippen LogP contribution in [0.2, 0.25) is 5.02 Å². The van der Waals surface area contributed by atoms with E-state index in [1.165, 1.54) is 0 Å². The van der Waals surface area contributed by atoms with E-state index < -0.39 is 6.04 Å². The number of fused-ring (bicyclic) bond motifs is 1. The first-order valence-corrected chi connectivity index (χ1v) is 13.5. The number of ether oxygens (including phenoxy) is 2. The van der Waals surface area contributed by atoms with Gasteiger partial charge in [-0.3, -0.25) is 9.59 Å². The average molecular weight is 535 g/mol. The first-order valence-electron chi connectivity index (χ1n) is 13.1. The van der Waals surface area contributed by atoms with Gasteiger partial charge >= 0.3 is 0 Å². The monoisotopic (exact) mass is 534 g/mol. The third-order valence-electron chi connectivity index (χ3n) is 6.46. The molecule has 1 aliphatic heterocycles. The van der Waals surface area contributed by atoms with E-state index >= 15 is 0 Å². The molecule has 200 valence electrons. The van der Waals surface area contributed by atoms with Crippen LogP contribution in [0.25, 0.3) is 0 Å². The van der Waals surface area contributed by atoms with Crippen LogP contribution in [-0.4, -0.2) is 42.5 Å². The van der Waals surface area contributed by atoms with Gasteiger partial charge in [0, 0.05) is 31.0 Å². The fourth-order valence-corrected chi connectivity index (χ4v) is 4.53. The number of nitrogens with zero attached hydrogens (tertiary/aromatic N) is 1. The molecule has 7 heteroatoms. The van der Waals surface area contributed by atoms with E-state index in [1.54, 1.807) is 17.0 Å². The van der Waals surface area contributed by atoms with Gasteiger partial charge in [0.1, 0.15) is 19.3 Å². The normalized spacial score (nSPS) is 13.2. The van der Waals surface area contributed by atoms with E-state index in [9.17, 15) is 9.59 Å². The summed E-state index contributed by atoms with van der Waals surface area (Å²) in [5, 5.41) is 3.68. The van der Waals surface area contributed by atoms with Gasteiger partial charge in [-0.15, -0.1) is 0 Å². The number of halogens is 1. The minimum absolute atomic E-state index is 0.0875. The van der Waals surface area contributed by atoms with Gasteiger partial charge in [0.15, 0.2) is 11.5 Å². The Bertz CT molecular complexity index is 1210. The Balaban J connectivity index is 1.58. The van der Waals surface area contributed by atoms with Crippen LogP contribution in [-0.2, 0) is 29.0 Å². The number of hydrogen-bond donors (Lipinski definition) is 1. The third-order valence-corrected chi connectivity index (χ3v) is 6.71. The Labute approximate surface area is 229 Å². The van der Waals surface area contributed by atoms with Crippen molar-refractivity contribution in [3.05, 3.63) is 94.5 Å². The first-order chi connectivity index (χ1) is 18.4. The quantitative estimate of drug-likeness (QED) is 0.355. The SMILES string of the molecule is CC(C)CNC(=O)C(Cc1ccccc1)N(Cc1ccc(Cl)cc1)C(=O)CCc1ccc2c(c1)OCCO2. The first kappa shape index (κ1) is 27.5. The summed E-state index contributed by atoms with van der Waals surface area (Å²) in [6.45, 7) is 6.00. The Hall–Kier alpha value is -3.51. The summed E-state index contributed by atoms with van der Waals surface area (Å²) < 4.78 is 11.3. The smallest absolute Gasteiger partial charge is 0.243 e. The van der Waals surface area contributed by atoms with Crippen molar-refractivity contribution in [1.82, 2.24) is 10.2 Å². The number of carbonyl (C=O) groups is 2. The van der Waals surface area contributed by atoms with Gasteiger partial charge in [-0.25, -0.2) is 0 Å². The fourth-order valence-electron chi connectivity index (χ4n) is 4.40. The molecule has 4 rings (SSSR count). The maximum atomic E-state index is 13.8. The summed E-state index contributed by atoms with van der Waals surface area (Å²) in [4.78, 5) is 29.0. The lowest BCUT2D eigenvalue weighted by atomic mass is 10.0. The molecule has 1 heterocycles. The summed E-state index contributed by atoms with van der Waals surface area (Å²) in [5.41, 5.74) is 2.90. The van der Waals surface area contributed by atoms with Crippen molar-refractivity contribution < 1.29 is 19.1 Å². The highest BCUT2D eigenvalue weighted by Crippen LogP contribution is 2.31. The number of aryl methyl sites for hydroxylation is 1. The second-order valence-electron chi connectivity index (χ2n) is 9.97. The number of rotatable bonds is 11. The lowest BCUT2D eigenvalue weighted by Crippen LogP contribution is -2.51. The summed E-state index contributed by atoms with van der Waals surface area (Å²) in [6, 6.07) is 22.4. The van der Waals surface area contributed by atoms with Gasteiger partial charge in [0.05, 0.1) is 0 Å². The van der Waals surface area contributed by atoms with Gasteiger partial charge < -0.3 is 19.7 Å². The van der Waals surface area contributed by atoms with Crippen molar-refractivity contribution in [2.75, 3.05) is 19.8 Å². The van der Waals surface area contributed by atoms with Crippen LogP contribution in [0, 0.1) is 5.92 Å². The minimum atomic E-state index is -0.653. The highest BCUT2D eigenvalue weighted by molar-refractivity contribution is 6.30. The zero-order chi connectivity index (χ0) is 26.9. The fraction of sp³-hybridized carbons (Fsp3) is 0.355. The van der Waals surface area contributed by atoms with Crippen molar-refractivity contribution in [2.24, 2.45) is 5.92 Å². The standard InChI is InChI=1S/C31H35ClN2O4/c1-22(2)20-33-31(36)27(18-23-6-4-3-5-7-23)34(21-25-8-12-26(32)13-9-25)30(35)15-11-24-10-14-28-29(19-24)38-17-16-37-28/h3-10,12-14,19,22,27H,11,15-18,20-21H2,1-2H3,(H,33,36). The molecule has 38 heavy (non-hydrogen) atoms. The summed E-state index contributed by atoms with van der Waals surface area (Å²) in [5.74, 6) is 1.49. The molecule has 1 aliphatic rings. The number of nitrogens with one attached hydrogen (secondary N) is 1. The molecule has 2 amide bonds. The van der Waals surface area contributed by atoms with Crippen LogP contribution < -0.4 is 14.8 Å². The number of benzene rings is 3. The topological polar surface area (TPSA) is 67.9 Å². The van der Waals surface area contributed by atoms with Crippen LogP contribution in [0.1, 0.15) is 37.0 Å². The molecule has 3 aromatic carbocycles. The highest BCUT2D eigenvalue weighted by Gasteiger charge is 2.30. The molecule has 0 aromatic heterocycles. The van der Waals surface area contributed by atoms with Crippen LogP contribution in [0.3, 0.4) is 0 Å². The molecule has 6 nitrogen and oxygen atoms in total. The predicted molar refractivity (Wildman–Crippen MR) is 150 cm³/mol. The zero-order valence-corrected chi connectivity index (χ0v) is 22.7. The van der Waals surface area contributed by atoms with Crippen molar-refractivity contribution in [3.8, 4) is 11.5 Å². The Morgan fingerprint density at radius 3 is 2.29 bits per heavy atom. The van der Waals surface area contributed by atoms with Gasteiger partial charge in [-0.2, -0.15) is 0 Å². The second-order valence-corrected chi connectivity index (χ2v) is 10.4. The van der Waals surface area contributed by atoms with Gasteiger partial charge in [0.25, 0.3) is 0 Å². The van der Waals surface area contributed by atoms with E-state index in [4.69, 9.17) is 21.1 Å². The lowest BCUT2D eigenvalue weighted by Gasteiger charge is -2.32. The van der Waals surface area contributed by atoms with Crippen LogP contribution in [0.5, 0.6) is 11.5 Å². The molecule has 0 spiro atoms. The van der Waals surface area contributed by atoms with Gasteiger partial charge in [0.2, 0.25) is 11.8 Å². The molecule has 1 atom stereocenters. The minimum Gasteiger partial charge on any atom is -0.486 e.